The van der Waals surface area contributed by atoms with Crippen molar-refractivity contribution >= 4 is 11.3 Å². The van der Waals surface area contributed by atoms with Gasteiger partial charge in [0, 0.05) is 37.1 Å². The normalized spacial score (nSPS) is 20.2. The number of morpholine rings is 1. The third kappa shape index (κ3) is 5.14. The predicted octanol–water partition coefficient (Wildman–Crippen LogP) is 1.30. The monoisotopic (exact) mass is 298 g/mol. The lowest BCUT2D eigenvalue weighted by Crippen LogP contribution is -2.45. The van der Waals surface area contributed by atoms with Crippen LogP contribution in [0.5, 0.6) is 0 Å². The Morgan fingerprint density at radius 1 is 1.45 bits per heavy atom. The summed E-state index contributed by atoms with van der Waals surface area (Å²) >= 11 is 1.80. The number of β-amino-alcohol motifs (C(OH)–C–C–N with tert-alkyl or cyclic N) is 1. The van der Waals surface area contributed by atoms with E-state index in [0.717, 1.165) is 45.8 Å². The maximum Gasteiger partial charge on any atom is 0.0793 e. The Morgan fingerprint density at radius 2 is 2.20 bits per heavy atom. The van der Waals surface area contributed by atoms with E-state index in [2.05, 4.69) is 41.3 Å². The molecule has 2 unspecified atom stereocenters. The average molecular weight is 298 g/mol. The second-order valence-electron chi connectivity index (χ2n) is 5.64. The van der Waals surface area contributed by atoms with Crippen LogP contribution in [-0.2, 0) is 11.2 Å². The van der Waals surface area contributed by atoms with Gasteiger partial charge in [-0.3, -0.25) is 4.90 Å². The predicted molar refractivity (Wildman–Crippen MR) is 83.4 cm³/mol. The molecular formula is C15H26N2O2S. The number of hydrogen-bond acceptors (Lipinski definition) is 5. The molecule has 1 N–H and O–H groups in total. The largest absolute Gasteiger partial charge is 0.390 e. The Bertz CT molecular complexity index is 366. The number of nitrogens with zero attached hydrogens (tertiary/aromatic N) is 2. The third-order valence-electron chi connectivity index (χ3n) is 3.90. The molecule has 5 heteroatoms. The Morgan fingerprint density at radius 3 is 2.85 bits per heavy atom. The molecule has 0 saturated carbocycles. The minimum absolute atomic E-state index is 0.288. The second-order valence-corrected chi connectivity index (χ2v) is 6.67. The first-order valence-corrected chi connectivity index (χ1v) is 8.24. The van der Waals surface area contributed by atoms with Crippen LogP contribution in [0.15, 0.2) is 17.5 Å². The van der Waals surface area contributed by atoms with Crippen LogP contribution in [0, 0.1) is 0 Å². The molecule has 2 heterocycles. The van der Waals surface area contributed by atoms with Crippen molar-refractivity contribution in [2.45, 2.75) is 25.5 Å². The molecule has 0 amide bonds. The van der Waals surface area contributed by atoms with Crippen molar-refractivity contribution < 1.29 is 9.84 Å². The van der Waals surface area contributed by atoms with Crippen molar-refractivity contribution in [1.29, 1.82) is 0 Å². The summed E-state index contributed by atoms with van der Waals surface area (Å²) in [5, 5.41) is 12.3. The summed E-state index contributed by atoms with van der Waals surface area (Å²) in [6, 6.07) is 4.73. The topological polar surface area (TPSA) is 35.9 Å². The lowest BCUT2D eigenvalue weighted by atomic mass is 10.1. The van der Waals surface area contributed by atoms with Crippen molar-refractivity contribution in [3.8, 4) is 0 Å². The van der Waals surface area contributed by atoms with Crippen molar-refractivity contribution in [2.24, 2.45) is 0 Å². The molecule has 0 radical (unpaired) electrons. The van der Waals surface area contributed by atoms with Gasteiger partial charge in [-0.05, 0) is 31.8 Å². The highest BCUT2D eigenvalue weighted by atomic mass is 32.1. The van der Waals surface area contributed by atoms with E-state index in [1.807, 2.05) is 0 Å². The van der Waals surface area contributed by atoms with Crippen molar-refractivity contribution in [3.05, 3.63) is 22.4 Å². The van der Waals surface area contributed by atoms with E-state index in [4.69, 9.17) is 4.74 Å². The van der Waals surface area contributed by atoms with Gasteiger partial charge in [0.25, 0.3) is 0 Å². The number of ether oxygens (including phenoxy) is 1. The lowest BCUT2D eigenvalue weighted by Gasteiger charge is -2.31. The van der Waals surface area contributed by atoms with E-state index in [1.165, 1.54) is 4.88 Å². The van der Waals surface area contributed by atoms with E-state index in [0.29, 0.717) is 6.04 Å². The van der Waals surface area contributed by atoms with E-state index in [9.17, 15) is 5.11 Å². The molecule has 1 fully saturated rings. The molecule has 2 atom stereocenters. The van der Waals surface area contributed by atoms with E-state index in [1.54, 1.807) is 11.3 Å². The quantitative estimate of drug-likeness (QED) is 0.823. The van der Waals surface area contributed by atoms with Crippen LogP contribution in [0.1, 0.15) is 11.8 Å². The van der Waals surface area contributed by atoms with Gasteiger partial charge in [-0.25, -0.2) is 0 Å². The summed E-state index contributed by atoms with van der Waals surface area (Å²) in [7, 11) is 2.10. The van der Waals surface area contributed by atoms with Crippen LogP contribution in [0.2, 0.25) is 0 Å². The van der Waals surface area contributed by atoms with Crippen molar-refractivity contribution in [2.75, 3.05) is 46.4 Å². The molecule has 0 aliphatic carbocycles. The minimum atomic E-state index is -0.288. The standard InChI is InChI=1S/C15H26N2O2S/c1-13(10-15-4-3-9-20-15)16(2)11-14(18)12-17-5-7-19-8-6-17/h3-4,9,13-14,18H,5-8,10-12H2,1-2H3. The molecule has 1 aromatic rings. The van der Waals surface area contributed by atoms with Crippen molar-refractivity contribution in [3.63, 3.8) is 0 Å². The zero-order valence-corrected chi connectivity index (χ0v) is 13.3. The van der Waals surface area contributed by atoms with Crippen LogP contribution in [0.4, 0.5) is 0 Å². The van der Waals surface area contributed by atoms with Crippen LogP contribution in [0.3, 0.4) is 0 Å². The first kappa shape index (κ1) is 15.9. The van der Waals surface area contributed by atoms with Gasteiger partial charge in [0.1, 0.15) is 0 Å². The Kier molecular flexibility index (Phi) is 6.45. The van der Waals surface area contributed by atoms with E-state index < -0.39 is 0 Å². The maximum absolute atomic E-state index is 10.2. The summed E-state index contributed by atoms with van der Waals surface area (Å²) in [6.07, 6.45) is 0.766. The SMILES string of the molecule is CC(Cc1cccs1)N(C)CC(O)CN1CCOCC1. The third-order valence-corrected chi connectivity index (χ3v) is 4.80. The van der Waals surface area contributed by atoms with Gasteiger partial charge in [0.05, 0.1) is 19.3 Å². The van der Waals surface area contributed by atoms with Crippen LogP contribution < -0.4 is 0 Å². The summed E-state index contributed by atoms with van der Waals surface area (Å²) < 4.78 is 5.33. The molecule has 2 rings (SSSR count). The van der Waals surface area contributed by atoms with Crippen LogP contribution >= 0.6 is 11.3 Å². The van der Waals surface area contributed by atoms with E-state index >= 15 is 0 Å². The highest BCUT2D eigenvalue weighted by molar-refractivity contribution is 7.09. The van der Waals surface area contributed by atoms with Crippen molar-refractivity contribution in [1.82, 2.24) is 9.80 Å². The number of rotatable bonds is 7. The number of likely N-dealkylation sites (N-methyl/N-ethyl adjacent to an activating group) is 1. The maximum atomic E-state index is 10.2. The highest BCUT2D eigenvalue weighted by Crippen LogP contribution is 2.13. The summed E-state index contributed by atoms with van der Waals surface area (Å²) in [6.45, 7) is 7.15. The minimum Gasteiger partial charge on any atom is -0.390 e. The molecule has 0 aromatic carbocycles. The Labute approximate surface area is 126 Å². The van der Waals surface area contributed by atoms with Gasteiger partial charge in [-0.2, -0.15) is 0 Å². The molecule has 1 saturated heterocycles. The van der Waals surface area contributed by atoms with Crippen LogP contribution in [-0.4, -0.2) is 73.5 Å². The average Bonchev–Trinajstić information content (AvgIpc) is 2.92. The number of aliphatic hydroxyl groups is 1. The Balaban J connectivity index is 1.70. The first-order chi connectivity index (χ1) is 9.65. The molecule has 20 heavy (non-hydrogen) atoms. The number of hydrogen-bond donors (Lipinski definition) is 1. The molecule has 0 spiro atoms. The summed E-state index contributed by atoms with van der Waals surface area (Å²) in [4.78, 5) is 5.95. The molecule has 1 aliphatic heterocycles. The molecule has 1 aliphatic rings. The fourth-order valence-electron chi connectivity index (χ4n) is 2.53. The molecule has 114 valence electrons. The van der Waals surface area contributed by atoms with Gasteiger partial charge in [-0.15, -0.1) is 11.3 Å². The molecular weight excluding hydrogens is 272 g/mol. The molecule has 0 bridgehead atoms. The van der Waals surface area contributed by atoms with E-state index in [-0.39, 0.29) is 6.10 Å². The fraction of sp³-hybridized carbons (Fsp3) is 0.733. The summed E-state index contributed by atoms with van der Waals surface area (Å²) in [5.41, 5.74) is 0. The first-order valence-electron chi connectivity index (χ1n) is 7.36. The highest BCUT2D eigenvalue weighted by Gasteiger charge is 2.18. The fourth-order valence-corrected chi connectivity index (χ4v) is 3.35. The molecule has 1 aromatic heterocycles. The van der Waals surface area contributed by atoms with Gasteiger partial charge < -0.3 is 14.7 Å². The van der Waals surface area contributed by atoms with Gasteiger partial charge in [0.15, 0.2) is 0 Å². The smallest absolute Gasteiger partial charge is 0.0793 e. The van der Waals surface area contributed by atoms with Gasteiger partial charge >= 0.3 is 0 Å². The van der Waals surface area contributed by atoms with Crippen LogP contribution in [0.25, 0.3) is 0 Å². The zero-order chi connectivity index (χ0) is 14.4. The lowest BCUT2D eigenvalue weighted by molar-refractivity contribution is 0.00636. The Hall–Kier alpha value is -0.460. The van der Waals surface area contributed by atoms with Gasteiger partial charge in [0.2, 0.25) is 0 Å². The molecule has 4 nitrogen and oxygen atoms in total. The van der Waals surface area contributed by atoms with Gasteiger partial charge in [-0.1, -0.05) is 6.07 Å². The zero-order valence-electron chi connectivity index (χ0n) is 12.5. The second kappa shape index (κ2) is 8.10. The number of aliphatic hydroxyl groups excluding tert-OH is 1. The summed E-state index contributed by atoms with van der Waals surface area (Å²) in [5.74, 6) is 0. The number of thiophene rings is 1.